The molecule has 2 heterocycles. The molecule has 1 aromatic heterocycles. The van der Waals surface area contributed by atoms with Gasteiger partial charge in [0, 0.05) is 32.4 Å². The molecular weight excluding hydrogens is 338 g/mol. The summed E-state index contributed by atoms with van der Waals surface area (Å²) in [5.74, 6) is 3.12. The Hall–Kier alpha value is -2.50. The molecule has 0 bridgehead atoms. The summed E-state index contributed by atoms with van der Waals surface area (Å²) in [6.07, 6.45) is 2.57. The predicted molar refractivity (Wildman–Crippen MR) is 110 cm³/mol. The van der Waals surface area contributed by atoms with Gasteiger partial charge in [-0.05, 0) is 50.3 Å². The molecule has 0 amide bonds. The molecule has 1 aromatic carbocycles. The van der Waals surface area contributed by atoms with Crippen LogP contribution in [0.5, 0.6) is 0 Å². The van der Waals surface area contributed by atoms with Crippen molar-refractivity contribution >= 4 is 11.6 Å². The fourth-order valence-corrected chi connectivity index (χ4v) is 3.27. The van der Waals surface area contributed by atoms with Gasteiger partial charge in [-0.25, -0.2) is 4.98 Å². The highest BCUT2D eigenvalue weighted by Gasteiger charge is 2.15. The third-order valence-corrected chi connectivity index (χ3v) is 5.25. The topological polar surface area (TPSA) is 65.7 Å². The number of rotatable bonds is 5. The van der Waals surface area contributed by atoms with Crippen LogP contribution in [0.3, 0.4) is 0 Å². The van der Waals surface area contributed by atoms with Gasteiger partial charge < -0.3 is 20.0 Å². The smallest absolute Gasteiger partial charge is 0.214 e. The van der Waals surface area contributed by atoms with Crippen LogP contribution in [0.2, 0.25) is 0 Å². The number of anilines is 1. The van der Waals surface area contributed by atoms with Gasteiger partial charge in [0.2, 0.25) is 5.89 Å². The zero-order chi connectivity index (χ0) is 19.2. The molecule has 2 aromatic rings. The first-order valence-corrected chi connectivity index (χ1v) is 9.76. The molecule has 146 valence electrons. The number of hydrogen-bond donors (Lipinski definition) is 2. The van der Waals surface area contributed by atoms with Crippen molar-refractivity contribution in [3.63, 3.8) is 0 Å². The lowest BCUT2D eigenvalue weighted by molar-refractivity contribution is 0.438. The maximum absolute atomic E-state index is 5.59. The van der Waals surface area contributed by atoms with Crippen molar-refractivity contribution in [2.75, 3.05) is 25.0 Å². The maximum Gasteiger partial charge on any atom is 0.214 e. The second-order valence-electron chi connectivity index (χ2n) is 7.36. The van der Waals surface area contributed by atoms with Crippen LogP contribution in [0.15, 0.2) is 33.7 Å². The molecule has 1 saturated heterocycles. The van der Waals surface area contributed by atoms with Gasteiger partial charge in [0.05, 0.1) is 12.2 Å². The Kier molecular flexibility index (Phi) is 6.37. The number of hydrogen-bond acceptors (Lipinski definition) is 4. The van der Waals surface area contributed by atoms with E-state index in [1.807, 2.05) is 13.8 Å². The summed E-state index contributed by atoms with van der Waals surface area (Å²) in [5, 5.41) is 6.58. The molecule has 0 atom stereocenters. The average molecular weight is 370 g/mol. The van der Waals surface area contributed by atoms with Gasteiger partial charge in [-0.3, -0.25) is 4.99 Å². The summed E-state index contributed by atoms with van der Waals surface area (Å²) >= 11 is 0. The largest absolute Gasteiger partial charge is 0.444 e. The van der Waals surface area contributed by atoms with Crippen molar-refractivity contribution < 1.29 is 4.42 Å². The van der Waals surface area contributed by atoms with E-state index in [9.17, 15) is 0 Å². The summed E-state index contributed by atoms with van der Waals surface area (Å²) in [6.45, 7) is 9.78. The highest BCUT2D eigenvalue weighted by molar-refractivity contribution is 5.79. The lowest BCUT2D eigenvalue weighted by Gasteiger charge is -2.32. The van der Waals surface area contributed by atoms with Crippen LogP contribution in [-0.2, 0) is 13.1 Å². The third-order valence-electron chi connectivity index (χ3n) is 5.25. The van der Waals surface area contributed by atoms with Crippen molar-refractivity contribution in [3.8, 4) is 0 Å². The van der Waals surface area contributed by atoms with Crippen molar-refractivity contribution in [2.24, 2.45) is 10.9 Å². The van der Waals surface area contributed by atoms with Crippen LogP contribution in [0.4, 0.5) is 5.69 Å². The van der Waals surface area contributed by atoms with Gasteiger partial charge in [-0.2, -0.15) is 0 Å². The molecule has 2 N–H and O–H groups in total. The second kappa shape index (κ2) is 8.93. The number of aromatic nitrogens is 1. The minimum atomic E-state index is 0.515. The fraction of sp³-hybridized carbons (Fsp3) is 0.524. The first kappa shape index (κ1) is 19.3. The van der Waals surface area contributed by atoms with Crippen LogP contribution in [-0.4, -0.2) is 31.1 Å². The van der Waals surface area contributed by atoms with Crippen molar-refractivity contribution in [2.45, 2.75) is 46.7 Å². The van der Waals surface area contributed by atoms with Crippen molar-refractivity contribution in [1.29, 1.82) is 0 Å². The van der Waals surface area contributed by atoms with Crippen molar-refractivity contribution in [1.82, 2.24) is 15.6 Å². The lowest BCUT2D eigenvalue weighted by Crippen LogP contribution is -2.36. The summed E-state index contributed by atoms with van der Waals surface area (Å²) in [6, 6.07) is 8.83. The zero-order valence-corrected chi connectivity index (χ0v) is 16.9. The van der Waals surface area contributed by atoms with Crippen LogP contribution >= 0.6 is 0 Å². The molecule has 6 heteroatoms. The Labute approximate surface area is 162 Å². The van der Waals surface area contributed by atoms with E-state index in [1.165, 1.54) is 24.1 Å². The predicted octanol–water partition coefficient (Wildman–Crippen LogP) is 3.39. The Bertz CT molecular complexity index is 738. The number of oxazole rings is 1. The molecule has 0 spiro atoms. The molecule has 0 unspecified atom stereocenters. The van der Waals surface area contributed by atoms with Gasteiger partial charge in [-0.1, -0.05) is 19.1 Å². The molecule has 0 saturated carbocycles. The van der Waals surface area contributed by atoms with E-state index in [4.69, 9.17) is 4.42 Å². The molecular formula is C21H31N5O. The standard InChI is InChI=1S/C21H31N5O/c1-15-9-11-26(12-10-15)19-7-5-18(6-8-19)13-23-21(22-4)24-14-20-25-16(2)17(3)27-20/h5-8,15H,9-14H2,1-4H3,(H2,22,23,24). The van der Waals surface area contributed by atoms with Gasteiger partial charge in [0.15, 0.2) is 5.96 Å². The molecule has 6 nitrogen and oxygen atoms in total. The van der Waals surface area contributed by atoms with Gasteiger partial charge in [-0.15, -0.1) is 0 Å². The Morgan fingerprint density at radius 3 is 2.41 bits per heavy atom. The number of nitrogens with one attached hydrogen (secondary N) is 2. The number of nitrogens with zero attached hydrogens (tertiary/aromatic N) is 3. The van der Waals surface area contributed by atoms with Crippen molar-refractivity contribution in [3.05, 3.63) is 47.2 Å². The van der Waals surface area contributed by atoms with Gasteiger partial charge in [0.25, 0.3) is 0 Å². The van der Waals surface area contributed by atoms with E-state index in [1.54, 1.807) is 7.05 Å². The monoisotopic (exact) mass is 369 g/mol. The summed E-state index contributed by atoms with van der Waals surface area (Å²) in [4.78, 5) is 11.1. The second-order valence-corrected chi connectivity index (χ2v) is 7.36. The summed E-state index contributed by atoms with van der Waals surface area (Å²) in [5.41, 5.74) is 3.48. The molecule has 1 fully saturated rings. The Morgan fingerprint density at radius 2 is 1.81 bits per heavy atom. The van der Waals surface area contributed by atoms with E-state index in [0.29, 0.717) is 12.4 Å². The highest BCUT2D eigenvalue weighted by Crippen LogP contribution is 2.23. The normalized spacial score (nSPS) is 15.9. The zero-order valence-electron chi connectivity index (χ0n) is 16.9. The number of benzene rings is 1. The molecule has 3 rings (SSSR count). The minimum Gasteiger partial charge on any atom is -0.444 e. The van der Waals surface area contributed by atoms with E-state index in [-0.39, 0.29) is 0 Å². The Balaban J connectivity index is 1.48. The first-order valence-electron chi connectivity index (χ1n) is 9.76. The molecule has 0 radical (unpaired) electrons. The van der Waals surface area contributed by atoms with Crippen LogP contribution in [0.25, 0.3) is 0 Å². The number of aliphatic imine (C=N–C) groups is 1. The van der Waals surface area contributed by atoms with E-state index >= 15 is 0 Å². The van der Waals surface area contributed by atoms with Crippen LogP contribution in [0.1, 0.15) is 42.7 Å². The van der Waals surface area contributed by atoms with Gasteiger partial charge in [0.1, 0.15) is 5.76 Å². The maximum atomic E-state index is 5.59. The van der Waals surface area contributed by atoms with E-state index < -0.39 is 0 Å². The molecule has 1 aliphatic heterocycles. The Morgan fingerprint density at radius 1 is 1.15 bits per heavy atom. The fourth-order valence-electron chi connectivity index (χ4n) is 3.27. The lowest BCUT2D eigenvalue weighted by atomic mass is 9.99. The van der Waals surface area contributed by atoms with Crippen LogP contribution < -0.4 is 15.5 Å². The summed E-state index contributed by atoms with van der Waals surface area (Å²) < 4.78 is 5.59. The quantitative estimate of drug-likeness (QED) is 0.625. The molecule has 27 heavy (non-hydrogen) atoms. The van der Waals surface area contributed by atoms with E-state index in [0.717, 1.165) is 43.0 Å². The minimum absolute atomic E-state index is 0.515. The molecule has 1 aliphatic rings. The molecule has 0 aliphatic carbocycles. The third kappa shape index (κ3) is 5.25. The van der Waals surface area contributed by atoms with Gasteiger partial charge >= 0.3 is 0 Å². The number of aryl methyl sites for hydroxylation is 2. The van der Waals surface area contributed by atoms with Crippen LogP contribution in [0, 0.1) is 19.8 Å². The number of guanidine groups is 1. The van der Waals surface area contributed by atoms with E-state index in [2.05, 4.69) is 56.7 Å². The summed E-state index contributed by atoms with van der Waals surface area (Å²) in [7, 11) is 1.77. The first-order chi connectivity index (χ1) is 13.0. The number of piperidine rings is 1. The highest BCUT2D eigenvalue weighted by atomic mass is 16.4. The SMILES string of the molecule is CN=C(NCc1ccc(N2CCC(C)CC2)cc1)NCc1nc(C)c(C)o1. The average Bonchev–Trinajstić information content (AvgIpc) is 3.01.